The zero-order valence-corrected chi connectivity index (χ0v) is 13.2. The average molecular weight is 328 g/mol. The minimum absolute atomic E-state index is 0.0156. The van der Waals surface area contributed by atoms with Crippen molar-refractivity contribution in [2.75, 3.05) is 0 Å². The molecule has 0 radical (unpaired) electrons. The molecule has 2 aromatic rings. The van der Waals surface area contributed by atoms with Gasteiger partial charge in [0, 0.05) is 0 Å². The van der Waals surface area contributed by atoms with Gasteiger partial charge in [-0.25, -0.2) is 17.5 Å². The Morgan fingerprint density at radius 2 is 1.62 bits per heavy atom. The Bertz CT molecular complexity index is 743. The van der Waals surface area contributed by atoms with Crippen molar-refractivity contribution in [1.29, 1.82) is 0 Å². The lowest BCUT2D eigenvalue weighted by Crippen LogP contribution is -2.41. The Labute approximate surface area is 128 Å². The number of nitrogens with one attached hydrogen (secondary N) is 1. The van der Waals surface area contributed by atoms with Crippen LogP contribution >= 0.6 is 11.6 Å². The highest BCUT2D eigenvalue weighted by molar-refractivity contribution is 7.89. The van der Waals surface area contributed by atoms with Crippen molar-refractivity contribution in [3.8, 4) is 0 Å². The highest BCUT2D eigenvalue weighted by Gasteiger charge is 2.29. The molecular weight excluding hydrogens is 313 g/mol. The Hall–Kier alpha value is -1.43. The molecule has 0 saturated heterocycles. The van der Waals surface area contributed by atoms with E-state index in [2.05, 4.69) is 4.72 Å². The van der Waals surface area contributed by atoms with Crippen molar-refractivity contribution in [1.82, 2.24) is 4.72 Å². The van der Waals surface area contributed by atoms with E-state index >= 15 is 0 Å². The van der Waals surface area contributed by atoms with Gasteiger partial charge < -0.3 is 0 Å². The molecule has 0 saturated carbocycles. The summed E-state index contributed by atoms with van der Waals surface area (Å²) in [5.41, 5.74) is -0.245. The summed E-state index contributed by atoms with van der Waals surface area (Å²) in [5.74, 6) is -0.372. The van der Waals surface area contributed by atoms with Crippen LogP contribution in [0.4, 0.5) is 4.39 Å². The third-order valence-corrected chi connectivity index (χ3v) is 5.24. The largest absolute Gasteiger partial charge is 0.242 e. The number of halogens is 2. The number of hydrogen-bond donors (Lipinski definition) is 1. The fourth-order valence-corrected chi connectivity index (χ4v) is 3.90. The molecule has 1 N–H and O–H groups in total. The van der Waals surface area contributed by atoms with Crippen molar-refractivity contribution in [3.63, 3.8) is 0 Å². The van der Waals surface area contributed by atoms with Crippen molar-refractivity contribution in [2.24, 2.45) is 0 Å². The molecule has 0 unspecified atom stereocenters. The lowest BCUT2D eigenvalue weighted by atomic mass is 9.96. The number of rotatable bonds is 4. The maximum atomic E-state index is 13.0. The molecule has 0 spiro atoms. The topological polar surface area (TPSA) is 46.2 Å². The minimum Gasteiger partial charge on any atom is -0.207 e. The smallest absolute Gasteiger partial charge is 0.207 e. The summed E-state index contributed by atoms with van der Waals surface area (Å²) in [7, 11) is -3.78. The predicted molar refractivity (Wildman–Crippen MR) is 81.2 cm³/mol. The fraction of sp³-hybridized carbons (Fsp3) is 0.200. The molecule has 0 aromatic heterocycles. The molecule has 0 atom stereocenters. The first-order valence-electron chi connectivity index (χ1n) is 6.27. The molecule has 0 bridgehead atoms. The average Bonchev–Trinajstić information content (AvgIpc) is 2.38. The molecule has 0 aliphatic rings. The third-order valence-electron chi connectivity index (χ3n) is 3.08. The molecule has 2 rings (SSSR count). The van der Waals surface area contributed by atoms with Crippen LogP contribution in [0.1, 0.15) is 19.4 Å². The van der Waals surface area contributed by atoms with Crippen molar-refractivity contribution < 1.29 is 12.8 Å². The van der Waals surface area contributed by atoms with E-state index in [9.17, 15) is 12.8 Å². The van der Waals surface area contributed by atoms with E-state index in [-0.39, 0.29) is 15.7 Å². The van der Waals surface area contributed by atoms with Crippen LogP contribution in [0.15, 0.2) is 53.4 Å². The highest BCUT2D eigenvalue weighted by Crippen LogP contribution is 2.26. The summed E-state index contributed by atoms with van der Waals surface area (Å²) in [6.45, 7) is 3.41. The van der Waals surface area contributed by atoms with Crippen LogP contribution < -0.4 is 4.72 Å². The third kappa shape index (κ3) is 3.61. The molecule has 112 valence electrons. The Morgan fingerprint density at radius 3 is 2.19 bits per heavy atom. The second-order valence-corrected chi connectivity index (χ2v) is 7.23. The molecule has 0 fully saturated rings. The van der Waals surface area contributed by atoms with Gasteiger partial charge in [-0.2, -0.15) is 0 Å². The van der Waals surface area contributed by atoms with Gasteiger partial charge in [0.2, 0.25) is 10.0 Å². The van der Waals surface area contributed by atoms with E-state index < -0.39 is 15.6 Å². The molecule has 21 heavy (non-hydrogen) atoms. The quantitative estimate of drug-likeness (QED) is 0.930. The molecule has 2 aromatic carbocycles. The summed E-state index contributed by atoms with van der Waals surface area (Å²) in [4.78, 5) is 0.0156. The first-order valence-corrected chi connectivity index (χ1v) is 8.13. The van der Waals surface area contributed by atoms with E-state index in [1.165, 1.54) is 24.3 Å². The standard InChI is InChI=1S/C15H15ClFNO2S/c1-15(2,11-7-9-12(17)10-8-11)18-21(19,20)14-6-4-3-5-13(14)16/h3-10,18H,1-2H3. The summed E-state index contributed by atoms with van der Waals surface area (Å²) >= 11 is 5.94. The molecule has 0 amide bonds. The Morgan fingerprint density at radius 1 is 1.05 bits per heavy atom. The lowest BCUT2D eigenvalue weighted by Gasteiger charge is -2.26. The van der Waals surface area contributed by atoms with Gasteiger partial charge in [-0.05, 0) is 43.7 Å². The molecule has 0 heterocycles. The number of hydrogen-bond acceptors (Lipinski definition) is 2. The van der Waals surface area contributed by atoms with E-state index in [0.29, 0.717) is 5.56 Å². The zero-order chi connectivity index (χ0) is 15.7. The fourth-order valence-electron chi connectivity index (χ4n) is 1.98. The van der Waals surface area contributed by atoms with Gasteiger partial charge in [-0.3, -0.25) is 0 Å². The monoisotopic (exact) mass is 327 g/mol. The van der Waals surface area contributed by atoms with E-state index in [4.69, 9.17) is 11.6 Å². The summed E-state index contributed by atoms with van der Waals surface area (Å²) in [5, 5.41) is 0.153. The van der Waals surface area contributed by atoms with Crippen molar-refractivity contribution >= 4 is 21.6 Å². The summed E-state index contributed by atoms with van der Waals surface area (Å²) in [6.07, 6.45) is 0. The zero-order valence-electron chi connectivity index (χ0n) is 11.6. The first kappa shape index (κ1) is 15.9. The van der Waals surface area contributed by atoms with E-state index in [0.717, 1.165) is 0 Å². The van der Waals surface area contributed by atoms with Gasteiger partial charge in [0.05, 0.1) is 10.6 Å². The van der Waals surface area contributed by atoms with Crippen LogP contribution in [0.5, 0.6) is 0 Å². The maximum Gasteiger partial charge on any atom is 0.242 e. The van der Waals surface area contributed by atoms with Crippen LogP contribution in [0.25, 0.3) is 0 Å². The number of benzene rings is 2. The van der Waals surface area contributed by atoms with Gasteiger partial charge in [-0.1, -0.05) is 35.9 Å². The van der Waals surface area contributed by atoms with Crippen molar-refractivity contribution in [2.45, 2.75) is 24.3 Å². The molecule has 0 aliphatic carbocycles. The molecule has 0 aliphatic heterocycles. The van der Waals surface area contributed by atoms with Gasteiger partial charge in [-0.15, -0.1) is 0 Å². The highest BCUT2D eigenvalue weighted by atomic mass is 35.5. The van der Waals surface area contributed by atoms with Crippen molar-refractivity contribution in [3.05, 3.63) is 64.9 Å². The normalized spacial score (nSPS) is 12.4. The SMILES string of the molecule is CC(C)(NS(=O)(=O)c1ccccc1Cl)c1ccc(F)cc1. The van der Waals surface area contributed by atoms with Crippen LogP contribution in [0.3, 0.4) is 0 Å². The van der Waals surface area contributed by atoms with Crippen LogP contribution in [-0.2, 0) is 15.6 Å². The van der Waals surface area contributed by atoms with E-state index in [1.807, 2.05) is 0 Å². The maximum absolute atomic E-state index is 13.0. The predicted octanol–water partition coefficient (Wildman–Crippen LogP) is 3.69. The number of sulfonamides is 1. The van der Waals surface area contributed by atoms with Crippen LogP contribution in [-0.4, -0.2) is 8.42 Å². The van der Waals surface area contributed by atoms with Gasteiger partial charge >= 0.3 is 0 Å². The molecule has 6 heteroatoms. The summed E-state index contributed by atoms with van der Waals surface area (Å²) < 4.78 is 40.4. The summed E-state index contributed by atoms with van der Waals surface area (Å²) in [6, 6.07) is 11.9. The van der Waals surface area contributed by atoms with E-state index in [1.54, 1.807) is 38.1 Å². The Kier molecular flexibility index (Phi) is 4.37. The molecular formula is C15H15ClFNO2S. The van der Waals surface area contributed by atoms with Crippen LogP contribution in [0, 0.1) is 5.82 Å². The van der Waals surface area contributed by atoms with Crippen LogP contribution in [0.2, 0.25) is 5.02 Å². The second-order valence-electron chi connectivity index (χ2n) is 5.17. The molecule has 3 nitrogen and oxygen atoms in total. The van der Waals surface area contributed by atoms with Gasteiger partial charge in [0.15, 0.2) is 0 Å². The minimum atomic E-state index is -3.78. The first-order chi connectivity index (χ1) is 9.72. The second kappa shape index (κ2) is 5.75. The van der Waals surface area contributed by atoms with Gasteiger partial charge in [0.1, 0.15) is 10.7 Å². The Balaban J connectivity index is 2.35. The lowest BCUT2D eigenvalue weighted by molar-refractivity contribution is 0.471. The van der Waals surface area contributed by atoms with Gasteiger partial charge in [0.25, 0.3) is 0 Å².